The molecular weight excluding hydrogens is 218 g/mol. The Hall–Kier alpha value is -1.42. The Bertz CT molecular complexity index is 377. The van der Waals surface area contributed by atoms with Crippen molar-refractivity contribution in [2.24, 2.45) is 11.7 Å². The van der Waals surface area contributed by atoms with Gasteiger partial charge in [-0.2, -0.15) is 0 Å². The number of phenols is 1. The Morgan fingerprint density at radius 1 is 1.29 bits per heavy atom. The van der Waals surface area contributed by atoms with Crippen molar-refractivity contribution in [3.63, 3.8) is 0 Å². The Balaban J connectivity index is 2.25. The largest absolute Gasteiger partial charge is 0.502 e. The lowest BCUT2D eigenvalue weighted by molar-refractivity contribution is 0.338. The van der Waals surface area contributed by atoms with E-state index in [1.165, 1.54) is 27.1 Å². The molecule has 0 bridgehead atoms. The summed E-state index contributed by atoms with van der Waals surface area (Å²) >= 11 is 0. The molecule has 1 aliphatic carbocycles. The molecule has 1 aromatic rings. The lowest BCUT2D eigenvalue weighted by Gasteiger charge is -2.15. The van der Waals surface area contributed by atoms with Gasteiger partial charge in [0, 0.05) is 6.04 Å². The summed E-state index contributed by atoms with van der Waals surface area (Å²) in [7, 11) is 3.04. The molecular formula is C13H19NO3. The molecule has 2 rings (SSSR count). The Kier molecular flexibility index (Phi) is 3.43. The van der Waals surface area contributed by atoms with E-state index in [4.69, 9.17) is 15.2 Å². The molecule has 94 valence electrons. The highest BCUT2D eigenvalue weighted by Gasteiger charge is 2.25. The number of rotatable bonds is 5. The zero-order valence-corrected chi connectivity index (χ0v) is 10.3. The molecule has 1 aromatic carbocycles. The number of aromatic hydroxyl groups is 1. The first-order valence-electron chi connectivity index (χ1n) is 5.86. The molecule has 4 nitrogen and oxygen atoms in total. The molecule has 0 amide bonds. The van der Waals surface area contributed by atoms with Crippen LogP contribution in [0.3, 0.4) is 0 Å². The maximum absolute atomic E-state index is 9.80. The molecule has 0 unspecified atom stereocenters. The van der Waals surface area contributed by atoms with Gasteiger partial charge in [0.25, 0.3) is 0 Å². The first-order valence-corrected chi connectivity index (χ1v) is 5.86. The molecule has 0 aliphatic heterocycles. The number of ether oxygens (including phenoxy) is 2. The number of hydrogen-bond acceptors (Lipinski definition) is 4. The van der Waals surface area contributed by atoms with Crippen molar-refractivity contribution in [3.8, 4) is 17.2 Å². The molecule has 1 fully saturated rings. The van der Waals surface area contributed by atoms with Gasteiger partial charge in [-0.3, -0.25) is 0 Å². The monoisotopic (exact) mass is 237 g/mol. The number of nitrogens with two attached hydrogens (primary N) is 1. The lowest BCUT2D eigenvalue weighted by atomic mass is 10.0. The van der Waals surface area contributed by atoms with Crippen LogP contribution < -0.4 is 15.2 Å². The van der Waals surface area contributed by atoms with Gasteiger partial charge in [-0.1, -0.05) is 12.8 Å². The zero-order valence-electron chi connectivity index (χ0n) is 10.3. The second-order valence-corrected chi connectivity index (χ2v) is 4.56. The maximum Gasteiger partial charge on any atom is 0.200 e. The molecule has 0 aromatic heterocycles. The smallest absolute Gasteiger partial charge is 0.200 e. The van der Waals surface area contributed by atoms with Crippen LogP contribution in [-0.2, 0) is 0 Å². The second kappa shape index (κ2) is 4.84. The first-order chi connectivity index (χ1) is 8.15. The third-order valence-corrected chi connectivity index (χ3v) is 3.21. The van der Waals surface area contributed by atoms with Crippen molar-refractivity contribution in [1.29, 1.82) is 0 Å². The highest BCUT2D eigenvalue weighted by Crippen LogP contribution is 2.41. The van der Waals surface area contributed by atoms with Crippen LogP contribution >= 0.6 is 0 Å². The standard InChI is InChI=1S/C13H19NO3/c1-16-11-6-9(7-12(17-2)13(11)15)10(14)5-8-3-4-8/h6-8,10,15H,3-5,14H2,1-2H3/t10-/m0/s1. The molecule has 1 saturated carbocycles. The van der Waals surface area contributed by atoms with Gasteiger partial charge in [-0.15, -0.1) is 0 Å². The van der Waals surface area contributed by atoms with Crippen molar-refractivity contribution in [2.45, 2.75) is 25.3 Å². The number of benzene rings is 1. The topological polar surface area (TPSA) is 64.7 Å². The lowest BCUT2D eigenvalue weighted by Crippen LogP contribution is -2.11. The van der Waals surface area contributed by atoms with E-state index in [-0.39, 0.29) is 11.8 Å². The van der Waals surface area contributed by atoms with Gasteiger partial charge in [0.15, 0.2) is 11.5 Å². The summed E-state index contributed by atoms with van der Waals surface area (Å²) in [6.45, 7) is 0. The van der Waals surface area contributed by atoms with E-state index >= 15 is 0 Å². The fourth-order valence-corrected chi connectivity index (χ4v) is 1.98. The summed E-state index contributed by atoms with van der Waals surface area (Å²) in [4.78, 5) is 0. The minimum absolute atomic E-state index is 0.0223. The Labute approximate surface area is 101 Å². The SMILES string of the molecule is COc1cc([C@@H](N)CC2CC2)cc(OC)c1O. The number of hydrogen-bond donors (Lipinski definition) is 2. The molecule has 4 heteroatoms. The van der Waals surface area contributed by atoms with E-state index in [2.05, 4.69) is 0 Å². The van der Waals surface area contributed by atoms with Crippen LogP contribution in [0.25, 0.3) is 0 Å². The van der Waals surface area contributed by atoms with Crippen LogP contribution in [0.2, 0.25) is 0 Å². The van der Waals surface area contributed by atoms with Crippen LogP contribution in [0.5, 0.6) is 17.2 Å². The van der Waals surface area contributed by atoms with Crippen molar-refractivity contribution in [3.05, 3.63) is 17.7 Å². The summed E-state index contributed by atoms with van der Waals surface area (Å²) in [5, 5.41) is 9.80. The van der Waals surface area contributed by atoms with E-state index in [0.29, 0.717) is 11.5 Å². The van der Waals surface area contributed by atoms with Crippen molar-refractivity contribution in [1.82, 2.24) is 0 Å². The normalized spacial score (nSPS) is 16.6. The van der Waals surface area contributed by atoms with Crippen molar-refractivity contribution in [2.75, 3.05) is 14.2 Å². The predicted octanol–water partition coefficient (Wildman–Crippen LogP) is 2.21. The third-order valence-electron chi connectivity index (χ3n) is 3.21. The fourth-order valence-electron chi connectivity index (χ4n) is 1.98. The van der Waals surface area contributed by atoms with Crippen molar-refractivity contribution >= 4 is 0 Å². The molecule has 3 N–H and O–H groups in total. The van der Waals surface area contributed by atoms with Crippen LogP contribution in [0.1, 0.15) is 30.9 Å². The zero-order chi connectivity index (χ0) is 12.4. The predicted molar refractivity (Wildman–Crippen MR) is 65.5 cm³/mol. The fraction of sp³-hybridized carbons (Fsp3) is 0.538. The van der Waals surface area contributed by atoms with Crippen LogP contribution in [0, 0.1) is 5.92 Å². The van der Waals surface area contributed by atoms with Gasteiger partial charge in [0.2, 0.25) is 5.75 Å². The minimum atomic E-state index is -0.0223. The highest BCUT2D eigenvalue weighted by molar-refractivity contribution is 5.53. The maximum atomic E-state index is 9.80. The third kappa shape index (κ3) is 2.64. The van der Waals surface area contributed by atoms with Gasteiger partial charge in [-0.05, 0) is 30.0 Å². The van der Waals surface area contributed by atoms with Gasteiger partial charge < -0.3 is 20.3 Å². The van der Waals surface area contributed by atoms with Crippen molar-refractivity contribution < 1.29 is 14.6 Å². The van der Waals surface area contributed by atoms with Gasteiger partial charge in [0.05, 0.1) is 14.2 Å². The summed E-state index contributed by atoms with van der Waals surface area (Å²) in [6, 6.07) is 3.54. The summed E-state index contributed by atoms with van der Waals surface area (Å²) in [6.07, 6.45) is 3.54. The summed E-state index contributed by atoms with van der Waals surface area (Å²) in [5.41, 5.74) is 7.09. The molecule has 0 radical (unpaired) electrons. The average Bonchev–Trinajstić information content (AvgIpc) is 3.13. The molecule has 0 heterocycles. The minimum Gasteiger partial charge on any atom is -0.502 e. The number of methoxy groups -OCH3 is 2. The van der Waals surface area contributed by atoms with E-state index in [1.807, 2.05) is 0 Å². The Morgan fingerprint density at radius 3 is 2.24 bits per heavy atom. The van der Waals surface area contributed by atoms with E-state index in [0.717, 1.165) is 17.9 Å². The van der Waals surface area contributed by atoms with Gasteiger partial charge >= 0.3 is 0 Å². The van der Waals surface area contributed by atoms with Crippen LogP contribution in [-0.4, -0.2) is 19.3 Å². The van der Waals surface area contributed by atoms with E-state index in [1.54, 1.807) is 12.1 Å². The molecule has 1 atom stereocenters. The summed E-state index contributed by atoms with van der Waals surface area (Å²) < 4.78 is 10.2. The highest BCUT2D eigenvalue weighted by atomic mass is 16.5. The van der Waals surface area contributed by atoms with E-state index in [9.17, 15) is 5.11 Å². The quantitative estimate of drug-likeness (QED) is 0.824. The second-order valence-electron chi connectivity index (χ2n) is 4.56. The summed E-state index contributed by atoms with van der Waals surface area (Å²) in [5.74, 6) is 1.60. The van der Waals surface area contributed by atoms with E-state index < -0.39 is 0 Å². The average molecular weight is 237 g/mol. The number of phenolic OH excluding ortho intramolecular Hbond substituents is 1. The van der Waals surface area contributed by atoms with Crippen LogP contribution in [0.15, 0.2) is 12.1 Å². The molecule has 17 heavy (non-hydrogen) atoms. The Morgan fingerprint density at radius 2 is 1.82 bits per heavy atom. The van der Waals surface area contributed by atoms with Gasteiger partial charge in [0.1, 0.15) is 0 Å². The molecule has 0 saturated heterocycles. The molecule has 0 spiro atoms. The first kappa shape index (κ1) is 12.0. The van der Waals surface area contributed by atoms with Crippen LogP contribution in [0.4, 0.5) is 0 Å². The van der Waals surface area contributed by atoms with Gasteiger partial charge in [-0.25, -0.2) is 0 Å². The molecule has 1 aliphatic rings.